The minimum absolute atomic E-state index is 0. The molecule has 0 saturated heterocycles. The summed E-state index contributed by atoms with van der Waals surface area (Å²) in [4.78, 5) is 10.9. The molecule has 0 fully saturated rings. The molecule has 0 aliphatic heterocycles. The summed E-state index contributed by atoms with van der Waals surface area (Å²) in [7, 11) is -24.7. The van der Waals surface area contributed by atoms with Crippen LogP contribution in [0.15, 0.2) is 73.4 Å². The topological polar surface area (TPSA) is 374 Å². The van der Waals surface area contributed by atoms with Gasteiger partial charge in [0.25, 0.3) is 10.0 Å². The third-order valence-electron chi connectivity index (χ3n) is 8.96. The van der Waals surface area contributed by atoms with E-state index in [1.54, 1.807) is 25.7 Å². The first kappa shape index (κ1) is 71.7. The van der Waals surface area contributed by atoms with Gasteiger partial charge in [-0.2, -0.15) is 10.4 Å². The average molecular weight is 1210 g/mol. The number of nitriles is 1. The summed E-state index contributed by atoms with van der Waals surface area (Å²) in [6.45, 7) is 6.67. The quantitative estimate of drug-likeness (QED) is 0.0359. The van der Waals surface area contributed by atoms with E-state index in [0.29, 0.717) is 17.8 Å². The number of azo groups is 1. The van der Waals surface area contributed by atoms with Crippen LogP contribution in [0.3, 0.4) is 0 Å². The molecular formula is C36H38Cl2K4N8O15S5. The van der Waals surface area contributed by atoms with Gasteiger partial charge in [-0.1, -0.05) is 44.0 Å². The number of carbonyl (C=O) groups excluding carboxylic acids is 1. The standard InChI is InChI=1S/C36H42Cl2N8O15S5.4K/c1-22(47)40-32-17-24(45(11-5-7-13-62(48,49)50)12-6-8-14-63(51,52)53)9-10-31(32)41-42-35-28(21-39)34(36(2,3)4)43-46(35)33-29(37)19-25(20-30(33)38)64(54,55)44-23-15-26(65(56,57)58)18-27(16-23)66(59,60)61;;;;/h9-10,15-20,44H,5-8,11-14H2,1-4H3,(H,40,47)(H,48,49,50)(H,51,52,53)(H,56,57,58)(H,59,60,61);;;;/q;4*+1/p-4. The molecule has 3 aromatic carbocycles. The zero-order valence-electron chi connectivity index (χ0n) is 38.9. The fourth-order valence-corrected chi connectivity index (χ4v) is 10.2. The van der Waals surface area contributed by atoms with Crippen molar-refractivity contribution in [2.24, 2.45) is 10.2 Å². The third kappa shape index (κ3) is 21.9. The Kier molecular flexibility index (Phi) is 30.4. The van der Waals surface area contributed by atoms with Crippen molar-refractivity contribution in [3.63, 3.8) is 0 Å². The number of aromatic nitrogens is 2. The van der Waals surface area contributed by atoms with Gasteiger partial charge in [-0.3, -0.25) is 9.52 Å². The SMILES string of the molecule is CC(=O)Nc1cc(N(CCCCS(=O)(=O)[O-])CCCCS(=O)(=O)[O-])ccc1N=Nc1c(C#N)c(C(C)(C)C)nn1-c1c(Cl)cc(S(=O)(=O)Nc2cc(S(=O)(=O)[O-])cc(S(=O)(=O)[O-])c2)cc1Cl.[K+].[K+].[K+].[K+]. The third-order valence-corrected chi connectivity index (χ3v) is 14.1. The number of hydrogen-bond acceptors (Lipinski definition) is 20. The number of benzene rings is 3. The van der Waals surface area contributed by atoms with Gasteiger partial charge < -0.3 is 28.4 Å². The van der Waals surface area contributed by atoms with E-state index < -0.39 is 104 Å². The van der Waals surface area contributed by atoms with E-state index >= 15 is 0 Å². The van der Waals surface area contributed by atoms with Gasteiger partial charge in [0.05, 0.1) is 62.0 Å². The molecule has 4 rings (SSSR count). The van der Waals surface area contributed by atoms with Crippen LogP contribution in [-0.4, -0.2) is 101 Å². The molecule has 0 bridgehead atoms. The van der Waals surface area contributed by atoms with Gasteiger partial charge in [0, 0.05) is 42.6 Å². The van der Waals surface area contributed by atoms with E-state index in [9.17, 15) is 70.4 Å². The molecule has 2 N–H and O–H groups in total. The maximum atomic E-state index is 13.5. The molecule has 4 aromatic rings. The van der Waals surface area contributed by atoms with Gasteiger partial charge in [-0.05, 0) is 74.2 Å². The normalized spacial score (nSPS) is 12.1. The molecule has 34 heteroatoms. The predicted octanol–water partition coefficient (Wildman–Crippen LogP) is -7.20. The van der Waals surface area contributed by atoms with Crippen LogP contribution in [-0.2, 0) is 60.7 Å². The first-order valence-electron chi connectivity index (χ1n) is 18.8. The van der Waals surface area contributed by atoms with Gasteiger partial charge in [0.2, 0.25) is 5.91 Å². The second-order valence-electron chi connectivity index (χ2n) is 15.3. The van der Waals surface area contributed by atoms with E-state index in [1.807, 2.05) is 10.8 Å². The van der Waals surface area contributed by atoms with Crippen molar-refractivity contribution in [1.82, 2.24) is 9.78 Å². The molecule has 1 aromatic heterocycles. The Morgan fingerprint density at radius 3 is 1.64 bits per heavy atom. The molecule has 0 radical (unpaired) electrons. The summed E-state index contributed by atoms with van der Waals surface area (Å²) >= 11 is 13.3. The summed E-state index contributed by atoms with van der Waals surface area (Å²) in [6.07, 6.45) is 0.425. The number of sulfonamides is 1. The van der Waals surface area contributed by atoms with Crippen LogP contribution >= 0.6 is 23.2 Å². The maximum Gasteiger partial charge on any atom is 1.00 e. The number of amides is 1. The van der Waals surface area contributed by atoms with E-state index in [1.165, 1.54) is 25.1 Å². The number of hydrogen-bond donors (Lipinski definition) is 2. The minimum atomic E-state index is -5.40. The molecule has 360 valence electrons. The van der Waals surface area contributed by atoms with Crippen molar-refractivity contribution >= 4 is 108 Å². The van der Waals surface area contributed by atoms with Crippen LogP contribution in [0.4, 0.5) is 28.6 Å². The second-order valence-corrected chi connectivity index (χ2v) is 23.6. The molecular weight excluding hydrogens is 1170 g/mol. The summed E-state index contributed by atoms with van der Waals surface area (Å²) in [5.41, 5.74) is -1.41. The number of carbonyl (C=O) groups is 1. The number of nitrogens with zero attached hydrogens (tertiary/aromatic N) is 6. The smallest absolute Gasteiger partial charge is 0.748 e. The molecule has 70 heavy (non-hydrogen) atoms. The molecule has 23 nitrogen and oxygen atoms in total. The van der Waals surface area contributed by atoms with Gasteiger partial charge in [-0.25, -0.2) is 46.8 Å². The van der Waals surface area contributed by atoms with Crippen LogP contribution in [0.1, 0.15) is 64.6 Å². The van der Waals surface area contributed by atoms with Gasteiger partial charge >= 0.3 is 206 Å². The molecule has 0 unspecified atom stereocenters. The van der Waals surface area contributed by atoms with Gasteiger partial charge in [0.15, 0.2) is 5.82 Å². The summed E-state index contributed by atoms with van der Waals surface area (Å²) < 4.78 is 167. The fourth-order valence-electron chi connectivity index (χ4n) is 6.05. The van der Waals surface area contributed by atoms with E-state index in [0.717, 1.165) is 16.8 Å². The first-order valence-corrected chi connectivity index (χ1v) is 27.0. The zero-order chi connectivity index (χ0) is 49.8. The zero-order valence-corrected chi connectivity index (χ0v) is 57.0. The molecule has 0 saturated carbocycles. The largest absolute Gasteiger partial charge is 1.00 e. The van der Waals surface area contributed by atoms with E-state index in [4.69, 9.17) is 23.2 Å². The summed E-state index contributed by atoms with van der Waals surface area (Å²) in [5.74, 6) is -2.10. The Morgan fingerprint density at radius 1 is 0.743 bits per heavy atom. The van der Waals surface area contributed by atoms with Crippen molar-refractivity contribution in [1.29, 1.82) is 5.26 Å². The van der Waals surface area contributed by atoms with Gasteiger partial charge in [-0.15, -0.1) is 10.2 Å². The number of rotatable bonds is 20. The maximum absolute atomic E-state index is 13.5. The molecule has 0 aliphatic rings. The Labute approximate surface area is 586 Å². The Morgan fingerprint density at radius 2 is 1.23 bits per heavy atom. The van der Waals surface area contributed by atoms with Crippen molar-refractivity contribution < 1.29 is 271 Å². The van der Waals surface area contributed by atoms with Crippen LogP contribution < -0.4 is 220 Å². The molecule has 0 spiro atoms. The summed E-state index contributed by atoms with van der Waals surface area (Å²) in [5, 5.41) is 25.3. The second kappa shape index (κ2) is 29.6. The van der Waals surface area contributed by atoms with Crippen LogP contribution in [0.25, 0.3) is 5.69 Å². The molecule has 0 atom stereocenters. The summed E-state index contributed by atoms with van der Waals surface area (Å²) in [6, 6.07) is 9.39. The number of nitrogens with one attached hydrogen (secondary N) is 2. The van der Waals surface area contributed by atoms with Crippen molar-refractivity contribution in [3.05, 3.63) is 69.8 Å². The Balaban J connectivity index is 0.0000119. The Hall–Kier alpha value is 1.75. The van der Waals surface area contributed by atoms with Crippen molar-refractivity contribution in [3.8, 4) is 11.8 Å². The van der Waals surface area contributed by atoms with Crippen LogP contribution in [0.5, 0.6) is 0 Å². The van der Waals surface area contributed by atoms with E-state index in [-0.39, 0.29) is 285 Å². The van der Waals surface area contributed by atoms with Crippen LogP contribution in [0, 0.1) is 11.3 Å². The fraction of sp³-hybridized carbons (Fsp3) is 0.361. The van der Waals surface area contributed by atoms with Crippen molar-refractivity contribution in [2.45, 2.75) is 73.5 Å². The predicted molar refractivity (Wildman–Crippen MR) is 235 cm³/mol. The van der Waals surface area contributed by atoms with Crippen molar-refractivity contribution in [2.75, 3.05) is 39.5 Å². The Bertz CT molecular complexity index is 3100. The molecule has 1 heterocycles. The number of anilines is 3. The van der Waals surface area contributed by atoms with Crippen LogP contribution in [0.2, 0.25) is 10.0 Å². The molecule has 1 amide bonds. The van der Waals surface area contributed by atoms with Gasteiger partial charge in [0.1, 0.15) is 43.2 Å². The molecule has 0 aliphatic carbocycles. The van der Waals surface area contributed by atoms with E-state index in [2.05, 4.69) is 20.6 Å². The average Bonchev–Trinajstić information content (AvgIpc) is 3.53. The number of halogens is 2. The number of unbranched alkanes of at least 4 members (excludes halogenated alkanes) is 2. The monoisotopic (exact) mass is 1210 g/mol. The first-order chi connectivity index (χ1) is 30.2. The minimum Gasteiger partial charge on any atom is -0.748 e.